The number of pyridine rings is 1. The summed E-state index contributed by atoms with van der Waals surface area (Å²) in [6.45, 7) is 4.71. The number of carbonyl (C=O) groups is 1. The molecule has 92 valence electrons. The van der Waals surface area contributed by atoms with Gasteiger partial charge in [0, 0.05) is 39.4 Å². The predicted octanol–water partition coefficient (Wildman–Crippen LogP) is -0.261. The lowest BCUT2D eigenvalue weighted by molar-refractivity contribution is 0.0732. The summed E-state index contributed by atoms with van der Waals surface area (Å²) in [4.78, 5) is 26.0. The van der Waals surface area contributed by atoms with E-state index < -0.39 is 0 Å². The zero-order valence-electron chi connectivity index (χ0n) is 10.2. The Morgan fingerprint density at radius 2 is 2.00 bits per heavy atom. The molecule has 17 heavy (non-hydrogen) atoms. The fraction of sp³-hybridized carbons (Fsp3) is 0.500. The van der Waals surface area contributed by atoms with Gasteiger partial charge < -0.3 is 14.8 Å². The van der Waals surface area contributed by atoms with E-state index in [-0.39, 0.29) is 11.5 Å². The summed E-state index contributed by atoms with van der Waals surface area (Å²) < 4.78 is 1.45. The highest BCUT2D eigenvalue weighted by Gasteiger charge is 2.22. The van der Waals surface area contributed by atoms with Gasteiger partial charge in [0.15, 0.2) is 0 Å². The topological polar surface area (TPSA) is 54.3 Å². The summed E-state index contributed by atoms with van der Waals surface area (Å²) in [6, 6.07) is 1.80. The van der Waals surface area contributed by atoms with Gasteiger partial charge in [-0.25, -0.2) is 0 Å². The maximum absolute atomic E-state index is 12.3. The second-order valence-corrected chi connectivity index (χ2v) is 4.33. The highest BCUT2D eigenvalue weighted by atomic mass is 16.2. The van der Waals surface area contributed by atoms with Crippen LogP contribution in [0.15, 0.2) is 17.1 Å². The quantitative estimate of drug-likeness (QED) is 0.729. The maximum Gasteiger partial charge on any atom is 0.263 e. The molecule has 1 aliphatic heterocycles. The van der Waals surface area contributed by atoms with Crippen molar-refractivity contribution in [3.63, 3.8) is 0 Å². The molecule has 1 saturated heterocycles. The fourth-order valence-corrected chi connectivity index (χ4v) is 2.01. The molecule has 5 nitrogen and oxygen atoms in total. The summed E-state index contributed by atoms with van der Waals surface area (Å²) in [5, 5.41) is 3.18. The first kappa shape index (κ1) is 11.9. The highest BCUT2D eigenvalue weighted by molar-refractivity contribution is 5.95. The lowest BCUT2D eigenvalue weighted by Gasteiger charge is -2.27. The predicted molar refractivity (Wildman–Crippen MR) is 65.2 cm³/mol. The molecule has 2 heterocycles. The number of amides is 1. The van der Waals surface area contributed by atoms with Crippen molar-refractivity contribution < 1.29 is 4.79 Å². The maximum atomic E-state index is 12.3. The van der Waals surface area contributed by atoms with Crippen LogP contribution < -0.4 is 10.9 Å². The normalized spacial score (nSPS) is 16.0. The fourth-order valence-electron chi connectivity index (χ4n) is 2.01. The van der Waals surface area contributed by atoms with Gasteiger partial charge in [0.05, 0.1) is 0 Å². The molecule has 2 rings (SSSR count). The van der Waals surface area contributed by atoms with Crippen LogP contribution in [0, 0.1) is 6.92 Å². The van der Waals surface area contributed by atoms with Gasteiger partial charge in [-0.3, -0.25) is 9.59 Å². The van der Waals surface area contributed by atoms with Gasteiger partial charge in [-0.05, 0) is 18.6 Å². The van der Waals surface area contributed by atoms with E-state index in [0.717, 1.165) is 18.7 Å². The Hall–Kier alpha value is -1.62. The average molecular weight is 235 g/mol. The summed E-state index contributed by atoms with van der Waals surface area (Å²) in [6.07, 6.45) is 1.69. The number of hydrogen-bond donors (Lipinski definition) is 1. The van der Waals surface area contributed by atoms with Crippen molar-refractivity contribution in [2.24, 2.45) is 7.05 Å². The van der Waals surface area contributed by atoms with E-state index in [1.807, 2.05) is 0 Å². The molecule has 1 aromatic heterocycles. The van der Waals surface area contributed by atoms with Crippen LogP contribution in [0.2, 0.25) is 0 Å². The van der Waals surface area contributed by atoms with E-state index in [4.69, 9.17) is 0 Å². The van der Waals surface area contributed by atoms with E-state index in [0.29, 0.717) is 18.7 Å². The Morgan fingerprint density at radius 3 is 2.65 bits per heavy atom. The minimum Gasteiger partial charge on any atom is -0.336 e. The zero-order valence-corrected chi connectivity index (χ0v) is 10.2. The number of nitrogens with zero attached hydrogens (tertiary/aromatic N) is 2. The van der Waals surface area contributed by atoms with Gasteiger partial charge in [-0.15, -0.1) is 0 Å². The van der Waals surface area contributed by atoms with Crippen molar-refractivity contribution in [1.82, 2.24) is 14.8 Å². The van der Waals surface area contributed by atoms with Gasteiger partial charge in [-0.2, -0.15) is 0 Å². The molecule has 0 aromatic carbocycles. The molecule has 0 bridgehead atoms. The van der Waals surface area contributed by atoms with Crippen LogP contribution in [0.1, 0.15) is 15.9 Å². The Morgan fingerprint density at radius 1 is 1.35 bits per heavy atom. The third-order valence-corrected chi connectivity index (χ3v) is 3.09. The van der Waals surface area contributed by atoms with E-state index in [9.17, 15) is 9.59 Å². The van der Waals surface area contributed by atoms with Crippen molar-refractivity contribution in [1.29, 1.82) is 0 Å². The minimum atomic E-state index is -0.214. The number of aromatic nitrogens is 1. The van der Waals surface area contributed by atoms with Crippen LogP contribution in [0.3, 0.4) is 0 Å². The summed E-state index contributed by atoms with van der Waals surface area (Å²) >= 11 is 0. The van der Waals surface area contributed by atoms with Crippen LogP contribution in [-0.4, -0.2) is 41.6 Å². The molecule has 1 aromatic rings. The molecular formula is C12H17N3O2. The second-order valence-electron chi connectivity index (χ2n) is 4.33. The SMILES string of the molecule is Cc1ccn(C)c(=O)c1C(=O)N1CCNCC1. The van der Waals surface area contributed by atoms with Crippen molar-refractivity contribution in [2.75, 3.05) is 26.2 Å². The first-order valence-electron chi connectivity index (χ1n) is 5.77. The van der Waals surface area contributed by atoms with Gasteiger partial charge in [0.1, 0.15) is 5.56 Å². The molecule has 5 heteroatoms. The standard InChI is InChI=1S/C12H17N3O2/c1-9-3-6-14(2)11(16)10(9)12(17)15-7-4-13-5-8-15/h3,6,13H,4-5,7-8H2,1-2H3. The Kier molecular flexibility index (Phi) is 3.28. The lowest BCUT2D eigenvalue weighted by Crippen LogP contribution is -2.48. The minimum absolute atomic E-state index is 0.148. The third-order valence-electron chi connectivity index (χ3n) is 3.09. The largest absolute Gasteiger partial charge is 0.336 e. The van der Waals surface area contributed by atoms with Crippen LogP contribution >= 0.6 is 0 Å². The molecule has 0 unspecified atom stereocenters. The number of nitrogens with one attached hydrogen (secondary N) is 1. The number of aryl methyl sites for hydroxylation is 2. The molecule has 1 aliphatic rings. The van der Waals surface area contributed by atoms with Gasteiger partial charge in [0.25, 0.3) is 11.5 Å². The zero-order chi connectivity index (χ0) is 12.4. The molecule has 0 radical (unpaired) electrons. The first-order valence-corrected chi connectivity index (χ1v) is 5.77. The van der Waals surface area contributed by atoms with Crippen LogP contribution in [0.25, 0.3) is 0 Å². The van der Waals surface area contributed by atoms with E-state index in [1.165, 1.54) is 4.57 Å². The van der Waals surface area contributed by atoms with Crippen molar-refractivity contribution in [2.45, 2.75) is 6.92 Å². The first-order chi connectivity index (χ1) is 8.11. The van der Waals surface area contributed by atoms with Gasteiger partial charge >= 0.3 is 0 Å². The van der Waals surface area contributed by atoms with Crippen molar-refractivity contribution in [3.05, 3.63) is 33.7 Å². The van der Waals surface area contributed by atoms with Crippen LogP contribution in [0.5, 0.6) is 0 Å². The smallest absolute Gasteiger partial charge is 0.263 e. The molecule has 0 spiro atoms. The summed E-state index contributed by atoms with van der Waals surface area (Å²) in [5.41, 5.74) is 0.835. The molecular weight excluding hydrogens is 218 g/mol. The van der Waals surface area contributed by atoms with E-state index in [1.54, 1.807) is 31.1 Å². The van der Waals surface area contributed by atoms with E-state index in [2.05, 4.69) is 5.32 Å². The average Bonchev–Trinajstić information content (AvgIpc) is 2.35. The van der Waals surface area contributed by atoms with Gasteiger partial charge in [-0.1, -0.05) is 0 Å². The van der Waals surface area contributed by atoms with Crippen LogP contribution in [0.4, 0.5) is 0 Å². The molecule has 1 N–H and O–H groups in total. The summed E-state index contributed by atoms with van der Waals surface area (Å²) in [7, 11) is 1.66. The number of hydrogen-bond acceptors (Lipinski definition) is 3. The monoisotopic (exact) mass is 235 g/mol. The second kappa shape index (κ2) is 4.71. The van der Waals surface area contributed by atoms with Gasteiger partial charge in [0.2, 0.25) is 0 Å². The number of rotatable bonds is 1. The Labute approximate surface area is 100 Å². The highest BCUT2D eigenvalue weighted by Crippen LogP contribution is 2.06. The Bertz CT molecular complexity index is 487. The molecule has 0 aliphatic carbocycles. The number of carbonyl (C=O) groups excluding carboxylic acids is 1. The van der Waals surface area contributed by atoms with Crippen molar-refractivity contribution in [3.8, 4) is 0 Å². The van der Waals surface area contributed by atoms with E-state index >= 15 is 0 Å². The van der Waals surface area contributed by atoms with Crippen molar-refractivity contribution >= 4 is 5.91 Å². The third kappa shape index (κ3) is 2.24. The molecule has 1 fully saturated rings. The molecule has 0 atom stereocenters. The number of piperazine rings is 1. The van der Waals surface area contributed by atoms with Crippen LogP contribution in [-0.2, 0) is 7.05 Å². The molecule has 0 saturated carbocycles. The Balaban J connectivity index is 2.36. The molecule has 1 amide bonds. The summed E-state index contributed by atoms with van der Waals surface area (Å²) in [5.74, 6) is -0.148. The lowest BCUT2D eigenvalue weighted by atomic mass is 10.1.